The minimum absolute atomic E-state index is 0.0704. The van der Waals surface area contributed by atoms with Gasteiger partial charge in [-0.15, -0.1) is 0 Å². The molecule has 3 aliphatic rings. The van der Waals surface area contributed by atoms with Crippen molar-refractivity contribution < 1.29 is 4.79 Å². The molecule has 3 rings (SSSR count). The number of amides is 1. The van der Waals surface area contributed by atoms with Gasteiger partial charge in [-0.3, -0.25) is 4.79 Å². The van der Waals surface area contributed by atoms with E-state index in [4.69, 9.17) is 0 Å². The number of nitrogens with one attached hydrogen (secondary N) is 2. The van der Waals surface area contributed by atoms with Crippen LogP contribution >= 0.6 is 0 Å². The summed E-state index contributed by atoms with van der Waals surface area (Å²) < 4.78 is 0. The molecule has 4 heteroatoms. The van der Waals surface area contributed by atoms with Gasteiger partial charge in [0, 0.05) is 13.1 Å². The van der Waals surface area contributed by atoms with Crippen LogP contribution in [0.3, 0.4) is 0 Å². The quantitative estimate of drug-likeness (QED) is 0.790. The summed E-state index contributed by atoms with van der Waals surface area (Å²) in [7, 11) is 0. The molecule has 2 N–H and O–H groups in total. The Kier molecular flexibility index (Phi) is 6.76. The molecule has 0 radical (unpaired) electrons. The lowest BCUT2D eigenvalue weighted by Crippen LogP contribution is -2.45. The second-order valence-corrected chi connectivity index (χ2v) is 8.00. The normalized spacial score (nSPS) is 30.4. The van der Waals surface area contributed by atoms with Crippen molar-refractivity contribution in [3.05, 3.63) is 0 Å². The fourth-order valence-electron chi connectivity index (χ4n) is 4.64. The van der Waals surface area contributed by atoms with E-state index in [2.05, 4.69) is 15.5 Å². The monoisotopic (exact) mass is 321 g/mol. The Morgan fingerprint density at radius 1 is 1.00 bits per heavy atom. The number of likely N-dealkylation sites (tertiary alicyclic amines) is 1. The molecule has 0 aromatic rings. The van der Waals surface area contributed by atoms with Crippen molar-refractivity contribution in [2.75, 3.05) is 32.7 Å². The Labute approximate surface area is 141 Å². The SMILES string of the molecule is O=C(NCC1CCCN(CCC2CCCCC2)C1)C1CCCN1. The van der Waals surface area contributed by atoms with E-state index in [0.717, 1.165) is 31.8 Å². The summed E-state index contributed by atoms with van der Waals surface area (Å²) in [6.45, 7) is 5.60. The number of carbonyl (C=O) groups excluding carboxylic acids is 1. The molecular formula is C19H35N3O. The van der Waals surface area contributed by atoms with Crippen LogP contribution < -0.4 is 10.6 Å². The third kappa shape index (κ3) is 5.46. The predicted molar refractivity (Wildman–Crippen MR) is 94.4 cm³/mol. The highest BCUT2D eigenvalue weighted by Gasteiger charge is 2.25. The average molecular weight is 322 g/mol. The highest BCUT2D eigenvalue weighted by molar-refractivity contribution is 5.81. The number of piperidine rings is 1. The van der Waals surface area contributed by atoms with Gasteiger partial charge in [-0.25, -0.2) is 0 Å². The molecule has 23 heavy (non-hydrogen) atoms. The van der Waals surface area contributed by atoms with Crippen molar-refractivity contribution in [1.29, 1.82) is 0 Å². The molecule has 2 atom stereocenters. The second kappa shape index (κ2) is 9.03. The fourth-order valence-corrected chi connectivity index (χ4v) is 4.64. The van der Waals surface area contributed by atoms with Crippen molar-refractivity contribution >= 4 is 5.91 Å². The fraction of sp³-hybridized carbons (Fsp3) is 0.947. The Morgan fingerprint density at radius 2 is 1.83 bits per heavy atom. The zero-order valence-corrected chi connectivity index (χ0v) is 14.7. The lowest BCUT2D eigenvalue weighted by atomic mass is 9.86. The molecule has 4 nitrogen and oxygen atoms in total. The van der Waals surface area contributed by atoms with Gasteiger partial charge < -0.3 is 15.5 Å². The summed E-state index contributed by atoms with van der Waals surface area (Å²) in [4.78, 5) is 14.8. The lowest BCUT2D eigenvalue weighted by molar-refractivity contribution is -0.123. The zero-order chi connectivity index (χ0) is 15.9. The minimum Gasteiger partial charge on any atom is -0.354 e. The van der Waals surface area contributed by atoms with Crippen LogP contribution in [0, 0.1) is 11.8 Å². The topological polar surface area (TPSA) is 44.4 Å². The van der Waals surface area contributed by atoms with Gasteiger partial charge in [-0.2, -0.15) is 0 Å². The lowest BCUT2D eigenvalue weighted by Gasteiger charge is -2.34. The van der Waals surface area contributed by atoms with E-state index < -0.39 is 0 Å². The Morgan fingerprint density at radius 3 is 2.61 bits per heavy atom. The van der Waals surface area contributed by atoms with E-state index in [1.165, 1.54) is 71.0 Å². The molecular weight excluding hydrogens is 286 g/mol. The van der Waals surface area contributed by atoms with Crippen LogP contribution in [0.1, 0.15) is 64.2 Å². The summed E-state index contributed by atoms with van der Waals surface area (Å²) in [5, 5.41) is 6.48. The maximum absolute atomic E-state index is 12.1. The Hall–Kier alpha value is -0.610. The van der Waals surface area contributed by atoms with Gasteiger partial charge in [0.2, 0.25) is 5.91 Å². The number of carbonyl (C=O) groups is 1. The summed E-state index contributed by atoms with van der Waals surface area (Å²) in [6.07, 6.45) is 13.4. The molecule has 1 amide bonds. The predicted octanol–water partition coefficient (Wildman–Crippen LogP) is 2.54. The molecule has 0 bridgehead atoms. The van der Waals surface area contributed by atoms with Crippen molar-refractivity contribution in [2.24, 2.45) is 11.8 Å². The number of rotatable bonds is 6. The number of hydrogen-bond acceptors (Lipinski definition) is 3. The van der Waals surface area contributed by atoms with Gasteiger partial charge in [0.05, 0.1) is 6.04 Å². The highest BCUT2D eigenvalue weighted by atomic mass is 16.2. The first kappa shape index (κ1) is 17.2. The third-order valence-corrected chi connectivity index (χ3v) is 6.12. The molecule has 132 valence electrons. The summed E-state index contributed by atoms with van der Waals surface area (Å²) in [5.74, 6) is 1.86. The first-order valence-corrected chi connectivity index (χ1v) is 10.0. The van der Waals surface area contributed by atoms with E-state index in [9.17, 15) is 4.79 Å². The molecule has 0 aromatic carbocycles. The van der Waals surface area contributed by atoms with E-state index in [-0.39, 0.29) is 11.9 Å². The van der Waals surface area contributed by atoms with Crippen molar-refractivity contribution in [3.63, 3.8) is 0 Å². The first-order valence-electron chi connectivity index (χ1n) is 10.0. The molecule has 2 heterocycles. The zero-order valence-electron chi connectivity index (χ0n) is 14.7. The molecule has 3 fully saturated rings. The molecule has 1 aliphatic carbocycles. The van der Waals surface area contributed by atoms with Gasteiger partial charge >= 0.3 is 0 Å². The summed E-state index contributed by atoms with van der Waals surface area (Å²) in [5.41, 5.74) is 0. The highest BCUT2D eigenvalue weighted by Crippen LogP contribution is 2.27. The van der Waals surface area contributed by atoms with Crippen LogP contribution in [0.5, 0.6) is 0 Å². The number of nitrogens with zero attached hydrogens (tertiary/aromatic N) is 1. The Balaban J connectivity index is 1.33. The van der Waals surface area contributed by atoms with Crippen LogP contribution in [0.2, 0.25) is 0 Å². The molecule has 2 aliphatic heterocycles. The van der Waals surface area contributed by atoms with Gasteiger partial charge in [-0.05, 0) is 63.6 Å². The molecule has 2 unspecified atom stereocenters. The standard InChI is InChI=1S/C19H35N3O/c23-19(18-9-4-11-20-18)21-14-17-8-5-12-22(15-17)13-10-16-6-2-1-3-7-16/h16-18,20H,1-15H2,(H,21,23). The molecule has 0 aromatic heterocycles. The summed E-state index contributed by atoms with van der Waals surface area (Å²) >= 11 is 0. The van der Waals surface area contributed by atoms with E-state index in [0.29, 0.717) is 5.92 Å². The molecule has 2 saturated heterocycles. The van der Waals surface area contributed by atoms with Gasteiger partial charge in [0.1, 0.15) is 0 Å². The molecule has 0 spiro atoms. The Bertz CT molecular complexity index is 362. The summed E-state index contributed by atoms with van der Waals surface area (Å²) in [6, 6.07) is 0.0704. The van der Waals surface area contributed by atoms with Crippen LogP contribution in [-0.4, -0.2) is 49.6 Å². The minimum atomic E-state index is 0.0704. The first-order chi connectivity index (χ1) is 11.3. The molecule has 1 saturated carbocycles. The smallest absolute Gasteiger partial charge is 0.237 e. The average Bonchev–Trinajstić information content (AvgIpc) is 3.14. The van der Waals surface area contributed by atoms with Crippen LogP contribution in [-0.2, 0) is 4.79 Å². The van der Waals surface area contributed by atoms with Crippen LogP contribution in [0.15, 0.2) is 0 Å². The maximum atomic E-state index is 12.1. The van der Waals surface area contributed by atoms with Gasteiger partial charge in [0.15, 0.2) is 0 Å². The largest absolute Gasteiger partial charge is 0.354 e. The van der Waals surface area contributed by atoms with Crippen molar-refractivity contribution in [3.8, 4) is 0 Å². The van der Waals surface area contributed by atoms with Gasteiger partial charge in [0.25, 0.3) is 0 Å². The van der Waals surface area contributed by atoms with E-state index in [1.54, 1.807) is 0 Å². The van der Waals surface area contributed by atoms with Crippen molar-refractivity contribution in [2.45, 2.75) is 70.3 Å². The van der Waals surface area contributed by atoms with Crippen LogP contribution in [0.4, 0.5) is 0 Å². The number of hydrogen-bond donors (Lipinski definition) is 2. The van der Waals surface area contributed by atoms with E-state index >= 15 is 0 Å². The third-order valence-electron chi connectivity index (χ3n) is 6.12. The maximum Gasteiger partial charge on any atom is 0.237 e. The van der Waals surface area contributed by atoms with Crippen molar-refractivity contribution in [1.82, 2.24) is 15.5 Å². The second-order valence-electron chi connectivity index (χ2n) is 8.00. The van der Waals surface area contributed by atoms with Gasteiger partial charge in [-0.1, -0.05) is 32.1 Å². The van der Waals surface area contributed by atoms with E-state index in [1.807, 2.05) is 0 Å². The van der Waals surface area contributed by atoms with Crippen LogP contribution in [0.25, 0.3) is 0 Å².